The number of ether oxygens (including phenoxy) is 1. The fourth-order valence-electron chi connectivity index (χ4n) is 2.34. The van der Waals surface area contributed by atoms with Crippen molar-refractivity contribution >= 4 is 15.9 Å². The molecule has 0 unspecified atom stereocenters. The topological polar surface area (TPSA) is 97.6 Å². The van der Waals surface area contributed by atoms with Crippen molar-refractivity contribution in [3.8, 4) is 0 Å². The van der Waals surface area contributed by atoms with Crippen LogP contribution in [0, 0.1) is 0 Å². The summed E-state index contributed by atoms with van der Waals surface area (Å²) in [5, 5.41) is 7.83. The van der Waals surface area contributed by atoms with Crippen LogP contribution in [-0.4, -0.2) is 84.2 Å². The first-order chi connectivity index (χ1) is 9.95. The van der Waals surface area contributed by atoms with Gasteiger partial charge in [0.25, 0.3) is 5.91 Å². The normalized spacial score (nSPS) is 21.3. The summed E-state index contributed by atoms with van der Waals surface area (Å²) >= 11 is 0. The van der Waals surface area contributed by atoms with Gasteiger partial charge in [-0.2, -0.15) is 4.31 Å². The van der Waals surface area contributed by atoms with E-state index in [0.717, 1.165) is 0 Å². The van der Waals surface area contributed by atoms with Crippen molar-refractivity contribution in [2.75, 3.05) is 45.6 Å². The van der Waals surface area contributed by atoms with E-state index in [4.69, 9.17) is 4.74 Å². The van der Waals surface area contributed by atoms with Gasteiger partial charge in [-0.05, 0) is 0 Å². The van der Waals surface area contributed by atoms with Gasteiger partial charge in [-0.15, -0.1) is 5.10 Å². The van der Waals surface area contributed by atoms with E-state index in [-0.39, 0.29) is 17.6 Å². The van der Waals surface area contributed by atoms with Crippen molar-refractivity contribution < 1.29 is 17.9 Å². The minimum Gasteiger partial charge on any atom is -0.378 e. The molecule has 9 nitrogen and oxygen atoms in total. The Morgan fingerprint density at radius 1 is 1.33 bits per heavy atom. The van der Waals surface area contributed by atoms with E-state index in [9.17, 15) is 13.2 Å². The molecule has 0 spiro atoms. The molecule has 0 saturated carbocycles. The highest BCUT2D eigenvalue weighted by Crippen LogP contribution is 2.22. The minimum absolute atomic E-state index is 0.0570. The molecular weight excluding hydrogens is 298 g/mol. The lowest BCUT2D eigenvalue weighted by molar-refractivity contribution is 0.0299. The molecule has 0 bridgehead atoms. The average molecular weight is 315 g/mol. The number of morpholine rings is 1. The minimum atomic E-state index is -3.15. The second kappa shape index (κ2) is 5.35. The zero-order chi connectivity index (χ0) is 15.0. The Morgan fingerprint density at radius 3 is 2.62 bits per heavy atom. The summed E-state index contributed by atoms with van der Waals surface area (Å²) in [6.45, 7) is 2.91. The summed E-state index contributed by atoms with van der Waals surface area (Å²) in [7, 11) is -3.15. The molecule has 2 aliphatic rings. The predicted octanol–water partition coefficient (Wildman–Crippen LogP) is -1.43. The van der Waals surface area contributed by atoms with Crippen LogP contribution in [0.5, 0.6) is 0 Å². The number of carbonyl (C=O) groups is 1. The first kappa shape index (κ1) is 14.4. The van der Waals surface area contributed by atoms with Crippen LogP contribution in [-0.2, 0) is 14.8 Å². The summed E-state index contributed by atoms with van der Waals surface area (Å²) in [6, 6.07) is -0.0570. The zero-order valence-electron chi connectivity index (χ0n) is 11.7. The van der Waals surface area contributed by atoms with Gasteiger partial charge in [-0.3, -0.25) is 4.79 Å². The molecule has 10 heteroatoms. The first-order valence-electron chi connectivity index (χ1n) is 6.69. The number of sulfonamides is 1. The number of nitrogens with zero attached hydrogens (tertiary/aromatic N) is 5. The van der Waals surface area contributed by atoms with Crippen LogP contribution in [0.25, 0.3) is 0 Å². The van der Waals surface area contributed by atoms with E-state index in [1.807, 2.05) is 0 Å². The van der Waals surface area contributed by atoms with Crippen LogP contribution in [0.15, 0.2) is 6.20 Å². The van der Waals surface area contributed by atoms with Crippen molar-refractivity contribution in [1.29, 1.82) is 0 Å². The Balaban J connectivity index is 1.63. The maximum Gasteiger partial charge on any atom is 0.276 e. The van der Waals surface area contributed by atoms with Crippen LogP contribution >= 0.6 is 0 Å². The van der Waals surface area contributed by atoms with Gasteiger partial charge in [0.2, 0.25) is 10.0 Å². The van der Waals surface area contributed by atoms with Crippen molar-refractivity contribution in [3.63, 3.8) is 0 Å². The van der Waals surface area contributed by atoms with E-state index in [0.29, 0.717) is 39.4 Å². The molecule has 0 radical (unpaired) electrons. The van der Waals surface area contributed by atoms with Crippen LogP contribution in [0.3, 0.4) is 0 Å². The van der Waals surface area contributed by atoms with Gasteiger partial charge in [0, 0.05) is 26.2 Å². The smallest absolute Gasteiger partial charge is 0.276 e. The van der Waals surface area contributed by atoms with Crippen LogP contribution in [0.1, 0.15) is 16.5 Å². The monoisotopic (exact) mass is 315 g/mol. The van der Waals surface area contributed by atoms with Gasteiger partial charge in [-0.1, -0.05) is 5.21 Å². The molecule has 2 aliphatic heterocycles. The SMILES string of the molecule is CS(=O)(=O)N1CC(n2cc(C(=O)N3CCOCC3)nn2)C1. The molecule has 21 heavy (non-hydrogen) atoms. The van der Waals surface area contributed by atoms with Crippen molar-refractivity contribution in [1.82, 2.24) is 24.2 Å². The van der Waals surface area contributed by atoms with Gasteiger partial charge >= 0.3 is 0 Å². The number of hydrogen-bond donors (Lipinski definition) is 0. The Kier molecular flexibility index (Phi) is 3.68. The molecule has 1 amide bonds. The Morgan fingerprint density at radius 2 is 2.00 bits per heavy atom. The largest absolute Gasteiger partial charge is 0.378 e. The molecule has 0 N–H and O–H groups in total. The summed E-state index contributed by atoms with van der Waals surface area (Å²) in [4.78, 5) is 13.9. The second-order valence-corrected chi connectivity index (χ2v) is 7.20. The molecule has 0 atom stereocenters. The second-order valence-electron chi connectivity index (χ2n) is 5.22. The maximum atomic E-state index is 12.2. The van der Waals surface area contributed by atoms with E-state index in [1.165, 1.54) is 10.6 Å². The molecule has 3 rings (SSSR count). The molecule has 1 aromatic rings. The zero-order valence-corrected chi connectivity index (χ0v) is 12.5. The highest BCUT2D eigenvalue weighted by molar-refractivity contribution is 7.88. The molecular formula is C11H17N5O4S. The van der Waals surface area contributed by atoms with E-state index < -0.39 is 10.0 Å². The quantitative estimate of drug-likeness (QED) is 0.678. The van der Waals surface area contributed by atoms with Crippen LogP contribution < -0.4 is 0 Å². The highest BCUT2D eigenvalue weighted by atomic mass is 32.2. The fourth-order valence-corrected chi connectivity index (χ4v) is 3.22. The number of aromatic nitrogens is 3. The lowest BCUT2D eigenvalue weighted by atomic mass is 10.2. The third-order valence-corrected chi connectivity index (χ3v) is 4.94. The van der Waals surface area contributed by atoms with Gasteiger partial charge < -0.3 is 9.64 Å². The van der Waals surface area contributed by atoms with E-state index in [2.05, 4.69) is 10.3 Å². The third kappa shape index (κ3) is 2.92. The van der Waals surface area contributed by atoms with Crippen LogP contribution in [0.2, 0.25) is 0 Å². The number of carbonyl (C=O) groups excluding carboxylic acids is 1. The molecule has 0 aromatic carbocycles. The lowest BCUT2D eigenvalue weighted by Gasteiger charge is -2.36. The van der Waals surface area contributed by atoms with Crippen molar-refractivity contribution in [2.24, 2.45) is 0 Å². The summed E-state index contributed by atoms with van der Waals surface area (Å²) in [6.07, 6.45) is 2.76. The molecule has 2 saturated heterocycles. The average Bonchev–Trinajstić information content (AvgIpc) is 2.85. The molecule has 116 valence electrons. The van der Waals surface area contributed by atoms with Gasteiger partial charge in [-0.25, -0.2) is 13.1 Å². The third-order valence-electron chi connectivity index (χ3n) is 3.70. The Hall–Kier alpha value is -1.52. The lowest BCUT2D eigenvalue weighted by Crippen LogP contribution is -2.50. The van der Waals surface area contributed by atoms with Gasteiger partial charge in [0.1, 0.15) is 0 Å². The number of hydrogen-bond acceptors (Lipinski definition) is 6. The van der Waals surface area contributed by atoms with E-state index in [1.54, 1.807) is 15.8 Å². The maximum absolute atomic E-state index is 12.2. The summed E-state index contributed by atoms with van der Waals surface area (Å²) < 4.78 is 30.8. The van der Waals surface area contributed by atoms with Crippen molar-refractivity contribution in [2.45, 2.75) is 6.04 Å². The predicted molar refractivity (Wildman–Crippen MR) is 72.2 cm³/mol. The Labute approximate surface area is 122 Å². The summed E-state index contributed by atoms with van der Waals surface area (Å²) in [5.41, 5.74) is 0.287. The number of rotatable bonds is 3. The van der Waals surface area contributed by atoms with Gasteiger partial charge in [0.15, 0.2) is 5.69 Å². The number of amides is 1. The first-order valence-corrected chi connectivity index (χ1v) is 8.54. The van der Waals surface area contributed by atoms with Gasteiger partial charge in [0.05, 0.1) is 31.7 Å². The summed E-state index contributed by atoms with van der Waals surface area (Å²) in [5.74, 6) is -0.163. The molecule has 3 heterocycles. The van der Waals surface area contributed by atoms with Crippen molar-refractivity contribution in [3.05, 3.63) is 11.9 Å². The molecule has 2 fully saturated rings. The Bertz CT molecular complexity index is 631. The van der Waals surface area contributed by atoms with Crippen LogP contribution in [0.4, 0.5) is 0 Å². The highest BCUT2D eigenvalue weighted by Gasteiger charge is 2.35. The van der Waals surface area contributed by atoms with E-state index >= 15 is 0 Å². The molecule has 1 aromatic heterocycles. The standard InChI is InChI=1S/C11H17N5O4S/c1-21(18,19)15-6-9(7-15)16-8-10(12-13-16)11(17)14-2-4-20-5-3-14/h8-9H,2-7H2,1H3. The fraction of sp³-hybridized carbons (Fsp3) is 0.727. The molecule has 0 aliphatic carbocycles.